The van der Waals surface area contributed by atoms with E-state index in [0.29, 0.717) is 13.2 Å². The molecule has 0 radical (unpaired) electrons. The van der Waals surface area contributed by atoms with Gasteiger partial charge < -0.3 is 10.1 Å². The van der Waals surface area contributed by atoms with Crippen LogP contribution in [-0.2, 0) is 4.74 Å². The van der Waals surface area contributed by atoms with Gasteiger partial charge in [0, 0.05) is 25.3 Å². The number of hydrogen-bond acceptors (Lipinski definition) is 3. The highest BCUT2D eigenvalue weighted by atomic mass is 19.4. The van der Waals surface area contributed by atoms with Gasteiger partial charge in [-0.25, -0.2) is 0 Å². The Labute approximate surface area is 106 Å². The molecule has 2 fully saturated rings. The highest BCUT2D eigenvalue weighted by Crippen LogP contribution is 2.26. The predicted molar refractivity (Wildman–Crippen MR) is 62.5 cm³/mol. The average molecular weight is 266 g/mol. The zero-order valence-electron chi connectivity index (χ0n) is 10.5. The molecule has 0 amide bonds. The molecule has 1 N–H and O–H groups in total. The Morgan fingerprint density at radius 1 is 1.00 bits per heavy atom. The molecule has 0 saturated carbocycles. The first-order valence-corrected chi connectivity index (χ1v) is 6.67. The van der Waals surface area contributed by atoms with E-state index in [9.17, 15) is 13.2 Å². The summed E-state index contributed by atoms with van der Waals surface area (Å²) < 4.78 is 43.4. The summed E-state index contributed by atoms with van der Waals surface area (Å²) in [5.74, 6) is 0. The zero-order chi connectivity index (χ0) is 13.0. The number of nitrogens with zero attached hydrogens (tertiary/aromatic N) is 1. The summed E-state index contributed by atoms with van der Waals surface area (Å²) in [7, 11) is 0. The van der Waals surface area contributed by atoms with E-state index in [1.807, 2.05) is 0 Å². The molecule has 6 heteroatoms. The van der Waals surface area contributed by atoms with Crippen LogP contribution in [0.25, 0.3) is 0 Å². The summed E-state index contributed by atoms with van der Waals surface area (Å²) in [6, 6.07) is 0.0967. The topological polar surface area (TPSA) is 24.5 Å². The van der Waals surface area contributed by atoms with Crippen molar-refractivity contribution in [2.24, 2.45) is 0 Å². The van der Waals surface area contributed by atoms with Gasteiger partial charge in [-0.15, -0.1) is 0 Å². The molecule has 0 bridgehead atoms. The minimum Gasteiger partial charge on any atom is -0.381 e. The molecule has 3 nitrogen and oxygen atoms in total. The third kappa shape index (κ3) is 4.10. The van der Waals surface area contributed by atoms with Gasteiger partial charge in [-0.05, 0) is 38.8 Å². The van der Waals surface area contributed by atoms with Crippen LogP contribution in [0.15, 0.2) is 0 Å². The van der Waals surface area contributed by atoms with Crippen molar-refractivity contribution in [3.8, 4) is 0 Å². The van der Waals surface area contributed by atoms with Gasteiger partial charge in [0.25, 0.3) is 0 Å². The molecule has 2 aliphatic rings. The number of ether oxygens (including phenoxy) is 1. The Bertz CT molecular complexity index is 230. The Morgan fingerprint density at radius 2 is 1.56 bits per heavy atom. The maximum atomic E-state index is 12.7. The van der Waals surface area contributed by atoms with Crippen molar-refractivity contribution in [2.75, 3.05) is 32.8 Å². The standard InChI is InChI=1S/C12H21F3N2O/c13-12(14,15)9-17(10-1-5-16-6-2-10)11-3-7-18-8-4-11/h10-11,16H,1-9H2. The van der Waals surface area contributed by atoms with Gasteiger partial charge in [0.15, 0.2) is 0 Å². The number of rotatable bonds is 3. The van der Waals surface area contributed by atoms with Crippen molar-refractivity contribution in [3.63, 3.8) is 0 Å². The van der Waals surface area contributed by atoms with Crippen molar-refractivity contribution in [3.05, 3.63) is 0 Å². The van der Waals surface area contributed by atoms with E-state index in [0.717, 1.165) is 38.8 Å². The molecule has 18 heavy (non-hydrogen) atoms. The lowest BCUT2D eigenvalue weighted by Gasteiger charge is -2.41. The molecule has 2 aliphatic heterocycles. The van der Waals surface area contributed by atoms with E-state index >= 15 is 0 Å². The van der Waals surface area contributed by atoms with Crippen molar-refractivity contribution >= 4 is 0 Å². The van der Waals surface area contributed by atoms with E-state index in [-0.39, 0.29) is 12.1 Å². The largest absolute Gasteiger partial charge is 0.401 e. The number of alkyl halides is 3. The molecule has 0 aromatic carbocycles. The quantitative estimate of drug-likeness (QED) is 0.842. The molecule has 0 aromatic rings. The lowest BCUT2D eigenvalue weighted by atomic mass is 9.99. The third-order valence-electron chi connectivity index (χ3n) is 3.80. The van der Waals surface area contributed by atoms with E-state index in [1.54, 1.807) is 4.90 Å². The SMILES string of the molecule is FC(F)(F)CN(C1CCNCC1)C1CCOCC1. The summed E-state index contributed by atoms with van der Waals surface area (Å²) >= 11 is 0. The van der Waals surface area contributed by atoms with Crippen LogP contribution in [0.3, 0.4) is 0 Å². The second kappa shape index (κ2) is 6.21. The van der Waals surface area contributed by atoms with Gasteiger partial charge >= 0.3 is 6.18 Å². The second-order valence-corrected chi connectivity index (χ2v) is 5.11. The summed E-state index contributed by atoms with van der Waals surface area (Å²) in [5, 5.41) is 3.20. The minimum absolute atomic E-state index is 0.0310. The van der Waals surface area contributed by atoms with Crippen LogP contribution in [0.5, 0.6) is 0 Å². The van der Waals surface area contributed by atoms with Crippen LogP contribution in [0.4, 0.5) is 13.2 Å². The van der Waals surface area contributed by atoms with Crippen molar-refractivity contribution in [2.45, 2.75) is 43.9 Å². The third-order valence-corrected chi connectivity index (χ3v) is 3.80. The average Bonchev–Trinajstić information content (AvgIpc) is 2.37. The molecular weight excluding hydrogens is 245 g/mol. The van der Waals surface area contributed by atoms with E-state index in [1.165, 1.54) is 0 Å². The molecule has 0 spiro atoms. The van der Waals surface area contributed by atoms with Gasteiger partial charge in [-0.1, -0.05) is 0 Å². The van der Waals surface area contributed by atoms with Gasteiger partial charge in [-0.3, -0.25) is 4.90 Å². The van der Waals surface area contributed by atoms with Crippen LogP contribution in [0.2, 0.25) is 0 Å². The molecule has 2 heterocycles. The van der Waals surface area contributed by atoms with Crippen molar-refractivity contribution in [1.29, 1.82) is 0 Å². The Balaban J connectivity index is 2.00. The molecule has 0 atom stereocenters. The van der Waals surface area contributed by atoms with Crippen molar-refractivity contribution < 1.29 is 17.9 Å². The van der Waals surface area contributed by atoms with Crippen molar-refractivity contribution in [1.82, 2.24) is 10.2 Å². The maximum absolute atomic E-state index is 12.7. The number of halogens is 3. The van der Waals surface area contributed by atoms with Crippen LogP contribution in [-0.4, -0.2) is 56.0 Å². The van der Waals surface area contributed by atoms with Gasteiger partial charge in [0.05, 0.1) is 6.54 Å². The number of nitrogens with one attached hydrogen (secondary N) is 1. The lowest BCUT2D eigenvalue weighted by molar-refractivity contribution is -0.162. The first-order chi connectivity index (χ1) is 8.56. The minimum atomic E-state index is -4.11. The fourth-order valence-electron chi connectivity index (χ4n) is 2.92. The summed E-state index contributed by atoms with van der Waals surface area (Å²) in [6.07, 6.45) is -1.04. The summed E-state index contributed by atoms with van der Waals surface area (Å²) in [6.45, 7) is 2.04. The first kappa shape index (κ1) is 14.1. The Kier molecular flexibility index (Phi) is 4.86. The highest BCUT2D eigenvalue weighted by molar-refractivity contribution is 4.85. The van der Waals surface area contributed by atoms with Gasteiger partial charge in [-0.2, -0.15) is 13.2 Å². The van der Waals surface area contributed by atoms with E-state index < -0.39 is 12.7 Å². The van der Waals surface area contributed by atoms with Crippen LogP contribution in [0.1, 0.15) is 25.7 Å². The van der Waals surface area contributed by atoms with Crippen LogP contribution in [0, 0.1) is 0 Å². The van der Waals surface area contributed by atoms with E-state index in [2.05, 4.69) is 5.32 Å². The number of hydrogen-bond donors (Lipinski definition) is 1. The second-order valence-electron chi connectivity index (χ2n) is 5.11. The highest BCUT2D eigenvalue weighted by Gasteiger charge is 2.38. The normalized spacial score (nSPS) is 24.7. The molecule has 0 unspecified atom stereocenters. The fourth-order valence-corrected chi connectivity index (χ4v) is 2.92. The Morgan fingerprint density at radius 3 is 2.11 bits per heavy atom. The number of piperidine rings is 1. The Hall–Kier alpha value is -0.330. The molecule has 106 valence electrons. The summed E-state index contributed by atoms with van der Waals surface area (Å²) in [4.78, 5) is 1.68. The maximum Gasteiger partial charge on any atom is 0.401 e. The van der Waals surface area contributed by atoms with Gasteiger partial charge in [0.2, 0.25) is 0 Å². The molecule has 2 saturated heterocycles. The van der Waals surface area contributed by atoms with Crippen LogP contribution >= 0.6 is 0 Å². The molecule has 0 aromatic heterocycles. The van der Waals surface area contributed by atoms with E-state index in [4.69, 9.17) is 4.74 Å². The first-order valence-electron chi connectivity index (χ1n) is 6.67. The fraction of sp³-hybridized carbons (Fsp3) is 1.00. The lowest BCUT2D eigenvalue weighted by Crippen LogP contribution is -2.52. The molecule has 0 aliphatic carbocycles. The van der Waals surface area contributed by atoms with Gasteiger partial charge in [0.1, 0.15) is 0 Å². The van der Waals surface area contributed by atoms with Crippen LogP contribution < -0.4 is 5.32 Å². The molecule has 2 rings (SSSR count). The summed E-state index contributed by atoms with van der Waals surface area (Å²) in [5.41, 5.74) is 0. The monoisotopic (exact) mass is 266 g/mol. The zero-order valence-corrected chi connectivity index (χ0v) is 10.5. The predicted octanol–water partition coefficient (Wildman–Crippen LogP) is 1.78. The smallest absolute Gasteiger partial charge is 0.381 e. The molecular formula is C12H21F3N2O.